The van der Waals surface area contributed by atoms with Crippen molar-refractivity contribution in [3.05, 3.63) is 88.5 Å². The molecule has 0 radical (unpaired) electrons. The number of hydrogen-bond acceptors (Lipinski definition) is 5. The van der Waals surface area contributed by atoms with Crippen molar-refractivity contribution in [1.29, 1.82) is 0 Å². The number of hydrogen-bond donors (Lipinski definition) is 2. The number of pyridine rings is 1. The quantitative estimate of drug-likeness (QED) is 0.326. The summed E-state index contributed by atoms with van der Waals surface area (Å²) < 4.78 is 59.3. The van der Waals surface area contributed by atoms with Gasteiger partial charge in [0.2, 0.25) is 0 Å². The second kappa shape index (κ2) is 10.1. The van der Waals surface area contributed by atoms with Crippen LogP contribution in [0, 0.1) is 0 Å². The number of anilines is 1. The average Bonchev–Trinajstić information content (AvgIpc) is 3.35. The van der Waals surface area contributed by atoms with Crippen molar-refractivity contribution in [2.45, 2.75) is 6.18 Å². The van der Waals surface area contributed by atoms with Gasteiger partial charge in [-0.2, -0.15) is 13.2 Å². The van der Waals surface area contributed by atoms with E-state index in [4.69, 9.17) is 16.3 Å². The fraction of sp³-hybridized carbons (Fsp3) is 0.125. The molecule has 35 heavy (non-hydrogen) atoms. The molecule has 2 N–H and O–H groups in total. The lowest BCUT2D eigenvalue weighted by molar-refractivity contribution is -0.137. The molecular weight excluding hydrogens is 488 g/mol. The first-order valence-electron chi connectivity index (χ1n) is 10.3. The van der Waals surface area contributed by atoms with Crippen molar-refractivity contribution >= 4 is 35.1 Å². The summed E-state index contributed by atoms with van der Waals surface area (Å²) >= 11 is 5.56. The Morgan fingerprint density at radius 2 is 1.91 bits per heavy atom. The average molecular weight is 505 g/mol. The molecule has 11 heteroatoms. The molecule has 2 aromatic carbocycles. The third kappa shape index (κ3) is 6.15. The number of nitrogens with one attached hydrogen (secondary N) is 2. The van der Waals surface area contributed by atoms with Crippen LogP contribution in [0.3, 0.4) is 0 Å². The SMILES string of the molecule is O=C(Nc1ccc(Cl)c(C(F)(F)F)c1)/C(F)=C\c1cccc(Oc2ccnc(C3=NCCN3)c2)c1. The van der Waals surface area contributed by atoms with E-state index in [0.29, 0.717) is 41.2 Å². The number of carbonyl (C=O) groups is 1. The van der Waals surface area contributed by atoms with Gasteiger partial charge in [-0.15, -0.1) is 0 Å². The Morgan fingerprint density at radius 1 is 1.11 bits per heavy atom. The Kier molecular flexibility index (Phi) is 7.02. The normalized spacial score (nSPS) is 13.7. The van der Waals surface area contributed by atoms with Crippen molar-refractivity contribution in [2.24, 2.45) is 4.99 Å². The van der Waals surface area contributed by atoms with E-state index in [9.17, 15) is 22.4 Å². The molecule has 1 aliphatic rings. The summed E-state index contributed by atoms with van der Waals surface area (Å²) in [5.74, 6) is -0.896. The Bertz CT molecular complexity index is 1320. The highest BCUT2D eigenvalue weighted by Gasteiger charge is 2.33. The first kappa shape index (κ1) is 24.2. The zero-order valence-electron chi connectivity index (χ0n) is 17.9. The van der Waals surface area contributed by atoms with Gasteiger partial charge in [-0.25, -0.2) is 4.39 Å². The standard InChI is InChI=1S/C24H17ClF4N4O2/c25-19-5-4-15(12-18(19)24(27,28)29)33-23(34)20(26)11-14-2-1-3-16(10-14)35-17-6-7-30-21(13-17)22-31-8-9-32-22/h1-7,10-13H,8-9H2,(H,31,32)(H,33,34)/b20-11+. The second-order valence-corrected chi connectivity index (χ2v) is 7.75. The maximum Gasteiger partial charge on any atom is 0.417 e. The van der Waals surface area contributed by atoms with E-state index in [0.717, 1.165) is 24.8 Å². The molecule has 1 amide bonds. The Balaban J connectivity index is 1.47. The zero-order chi connectivity index (χ0) is 25.0. The Morgan fingerprint density at radius 3 is 2.66 bits per heavy atom. The molecule has 6 nitrogen and oxygen atoms in total. The van der Waals surface area contributed by atoms with Crippen LogP contribution in [0.2, 0.25) is 5.02 Å². The van der Waals surface area contributed by atoms with E-state index in [2.05, 4.69) is 20.6 Å². The summed E-state index contributed by atoms with van der Waals surface area (Å²) in [6.45, 7) is 1.40. The number of alkyl halides is 3. The molecule has 180 valence electrons. The fourth-order valence-electron chi connectivity index (χ4n) is 3.20. The molecule has 4 rings (SSSR count). The van der Waals surface area contributed by atoms with Gasteiger partial charge in [0, 0.05) is 24.5 Å². The lowest BCUT2D eigenvalue weighted by Crippen LogP contribution is -2.20. The molecule has 0 fully saturated rings. The van der Waals surface area contributed by atoms with Crippen LogP contribution in [-0.4, -0.2) is 29.8 Å². The van der Waals surface area contributed by atoms with Crippen LogP contribution in [0.4, 0.5) is 23.2 Å². The van der Waals surface area contributed by atoms with Crippen molar-refractivity contribution < 1.29 is 27.1 Å². The summed E-state index contributed by atoms with van der Waals surface area (Å²) in [5, 5.41) is 4.68. The van der Waals surface area contributed by atoms with Gasteiger partial charge in [0.25, 0.3) is 5.91 Å². The predicted molar refractivity (Wildman–Crippen MR) is 124 cm³/mol. The minimum absolute atomic E-state index is 0.248. The molecule has 3 aromatic rings. The van der Waals surface area contributed by atoms with E-state index in [1.165, 1.54) is 6.07 Å². The third-order valence-electron chi connectivity index (χ3n) is 4.78. The van der Waals surface area contributed by atoms with E-state index < -0.39 is 28.5 Å². The largest absolute Gasteiger partial charge is 0.457 e. The van der Waals surface area contributed by atoms with E-state index in [1.807, 2.05) is 0 Å². The summed E-state index contributed by atoms with van der Waals surface area (Å²) in [6, 6.07) is 12.4. The first-order chi connectivity index (χ1) is 16.7. The first-order valence-corrected chi connectivity index (χ1v) is 10.6. The number of halogens is 5. The van der Waals surface area contributed by atoms with Crippen LogP contribution in [-0.2, 0) is 11.0 Å². The summed E-state index contributed by atoms with van der Waals surface area (Å²) in [5.41, 5.74) is -0.462. The minimum atomic E-state index is -4.72. The number of amides is 1. The van der Waals surface area contributed by atoms with E-state index in [-0.39, 0.29) is 5.69 Å². The van der Waals surface area contributed by atoms with Crippen molar-refractivity contribution in [2.75, 3.05) is 18.4 Å². The van der Waals surface area contributed by atoms with Gasteiger partial charge < -0.3 is 15.4 Å². The monoisotopic (exact) mass is 504 g/mol. The molecule has 0 saturated carbocycles. The number of benzene rings is 2. The van der Waals surface area contributed by atoms with Crippen LogP contribution < -0.4 is 15.4 Å². The van der Waals surface area contributed by atoms with Gasteiger partial charge in [-0.05, 0) is 48.0 Å². The number of carbonyl (C=O) groups excluding carboxylic acids is 1. The number of aliphatic imine (C=N–C) groups is 1. The zero-order valence-corrected chi connectivity index (χ0v) is 18.6. The predicted octanol–water partition coefficient (Wildman–Crippen LogP) is 5.85. The highest BCUT2D eigenvalue weighted by molar-refractivity contribution is 6.31. The number of amidine groups is 1. The van der Waals surface area contributed by atoms with Crippen molar-refractivity contribution in [3.63, 3.8) is 0 Å². The van der Waals surface area contributed by atoms with Gasteiger partial charge in [0.1, 0.15) is 23.0 Å². The lowest BCUT2D eigenvalue weighted by Gasteiger charge is -2.11. The Hall–Kier alpha value is -3.92. The fourth-order valence-corrected chi connectivity index (χ4v) is 3.43. The molecule has 0 atom stereocenters. The number of nitrogens with zero attached hydrogens (tertiary/aromatic N) is 2. The molecule has 0 bridgehead atoms. The summed E-state index contributed by atoms with van der Waals surface area (Å²) in [4.78, 5) is 20.7. The molecule has 0 unspecified atom stereocenters. The van der Waals surface area contributed by atoms with Crippen LogP contribution in [0.5, 0.6) is 11.5 Å². The Labute approximate surface area is 202 Å². The van der Waals surface area contributed by atoms with Gasteiger partial charge in [-0.1, -0.05) is 23.7 Å². The molecule has 1 aromatic heterocycles. The van der Waals surface area contributed by atoms with Crippen LogP contribution in [0.1, 0.15) is 16.8 Å². The second-order valence-electron chi connectivity index (χ2n) is 7.35. The van der Waals surface area contributed by atoms with Crippen LogP contribution >= 0.6 is 11.6 Å². The number of rotatable bonds is 6. The van der Waals surface area contributed by atoms with Crippen molar-refractivity contribution in [3.8, 4) is 11.5 Å². The summed E-state index contributed by atoms with van der Waals surface area (Å²) in [7, 11) is 0. The smallest absolute Gasteiger partial charge is 0.417 e. The molecule has 1 aliphatic heterocycles. The molecular formula is C24H17ClF4N4O2. The van der Waals surface area contributed by atoms with E-state index >= 15 is 0 Å². The lowest BCUT2D eigenvalue weighted by atomic mass is 10.1. The molecule has 0 spiro atoms. The maximum absolute atomic E-state index is 14.5. The molecule has 2 heterocycles. The van der Waals surface area contributed by atoms with Gasteiger partial charge >= 0.3 is 6.18 Å². The van der Waals surface area contributed by atoms with Gasteiger partial charge in [0.15, 0.2) is 5.83 Å². The highest BCUT2D eigenvalue weighted by Crippen LogP contribution is 2.36. The summed E-state index contributed by atoms with van der Waals surface area (Å²) in [6.07, 6.45) is -2.21. The molecule has 0 aliphatic carbocycles. The van der Waals surface area contributed by atoms with Crippen LogP contribution in [0.25, 0.3) is 6.08 Å². The van der Waals surface area contributed by atoms with Crippen molar-refractivity contribution in [1.82, 2.24) is 10.3 Å². The van der Waals surface area contributed by atoms with E-state index in [1.54, 1.807) is 36.5 Å². The number of ether oxygens (including phenoxy) is 1. The van der Waals surface area contributed by atoms with Gasteiger partial charge in [0.05, 0.1) is 17.1 Å². The maximum atomic E-state index is 14.5. The molecule has 0 saturated heterocycles. The van der Waals surface area contributed by atoms with Crippen LogP contribution in [0.15, 0.2) is 71.6 Å². The highest BCUT2D eigenvalue weighted by atomic mass is 35.5. The number of aromatic nitrogens is 1. The minimum Gasteiger partial charge on any atom is -0.457 e. The third-order valence-corrected chi connectivity index (χ3v) is 5.11. The topological polar surface area (TPSA) is 75.6 Å². The van der Waals surface area contributed by atoms with Gasteiger partial charge in [-0.3, -0.25) is 14.8 Å².